The van der Waals surface area contributed by atoms with E-state index in [1.54, 1.807) is 34.5 Å². The quantitative estimate of drug-likeness (QED) is 0.906. The molecular formula is C18H18N2O3S. The Kier molecular flexibility index (Phi) is 5.14. The van der Waals surface area contributed by atoms with E-state index in [2.05, 4.69) is 6.07 Å². The molecule has 0 spiro atoms. The maximum Gasteiger partial charge on any atom is 0.265 e. The van der Waals surface area contributed by atoms with Crippen LogP contribution in [0.15, 0.2) is 35.7 Å². The van der Waals surface area contributed by atoms with Gasteiger partial charge in [0.25, 0.3) is 5.91 Å². The number of amides is 1. The van der Waals surface area contributed by atoms with Crippen LogP contribution in [0.25, 0.3) is 0 Å². The van der Waals surface area contributed by atoms with E-state index in [0.29, 0.717) is 29.2 Å². The number of benzene rings is 1. The second-order valence-corrected chi connectivity index (χ2v) is 6.64. The number of nitriles is 1. The molecule has 2 aromatic rings. The first-order valence-corrected chi connectivity index (χ1v) is 8.72. The van der Waals surface area contributed by atoms with Gasteiger partial charge in [-0.2, -0.15) is 5.26 Å². The number of carbonyl (C=O) groups excluding carboxylic acids is 1. The minimum absolute atomic E-state index is 0.00491. The summed E-state index contributed by atoms with van der Waals surface area (Å²) in [7, 11) is 0. The number of rotatable bonds is 5. The molecule has 1 aliphatic rings. The molecule has 2 heterocycles. The first-order valence-electron chi connectivity index (χ1n) is 7.84. The molecule has 3 rings (SSSR count). The van der Waals surface area contributed by atoms with Crippen LogP contribution in [0.2, 0.25) is 0 Å². The summed E-state index contributed by atoms with van der Waals surface area (Å²) in [4.78, 5) is 15.0. The van der Waals surface area contributed by atoms with Gasteiger partial charge in [-0.3, -0.25) is 4.79 Å². The van der Waals surface area contributed by atoms with E-state index in [1.807, 2.05) is 6.07 Å². The lowest BCUT2D eigenvalue weighted by atomic mass is 10.1. The molecule has 124 valence electrons. The first kappa shape index (κ1) is 16.5. The number of phenolic OH excluding ortho intramolecular Hbond substituents is 1. The van der Waals surface area contributed by atoms with Crippen LogP contribution in [0.3, 0.4) is 0 Å². The summed E-state index contributed by atoms with van der Waals surface area (Å²) in [5, 5.41) is 20.9. The zero-order valence-corrected chi connectivity index (χ0v) is 14.0. The van der Waals surface area contributed by atoms with E-state index in [4.69, 9.17) is 4.74 Å². The highest BCUT2D eigenvalue weighted by molar-refractivity contribution is 7.12. The third kappa shape index (κ3) is 3.58. The van der Waals surface area contributed by atoms with Gasteiger partial charge < -0.3 is 14.7 Å². The summed E-state index contributed by atoms with van der Waals surface area (Å²) in [5.41, 5.74) is 1.07. The third-order valence-corrected chi connectivity index (χ3v) is 4.97. The van der Waals surface area contributed by atoms with Gasteiger partial charge in [0.05, 0.1) is 11.7 Å². The molecule has 0 radical (unpaired) electrons. The van der Waals surface area contributed by atoms with Crippen LogP contribution in [0.4, 0.5) is 0 Å². The second kappa shape index (κ2) is 7.47. The zero-order chi connectivity index (χ0) is 16.9. The summed E-state index contributed by atoms with van der Waals surface area (Å²) in [6.07, 6.45) is 1.91. The van der Waals surface area contributed by atoms with Crippen LogP contribution in [-0.2, 0) is 11.3 Å². The molecule has 1 fully saturated rings. The summed E-state index contributed by atoms with van der Waals surface area (Å²) in [5.74, 6) is -0.0328. The monoisotopic (exact) mass is 342 g/mol. The molecule has 1 amide bonds. The number of hydrogen-bond acceptors (Lipinski definition) is 5. The summed E-state index contributed by atoms with van der Waals surface area (Å²) in [6.45, 7) is 1.45. The van der Waals surface area contributed by atoms with Gasteiger partial charge in [-0.15, -0.1) is 11.3 Å². The SMILES string of the molecule is N#Cc1ccsc1C(=O)N(Cc1ccccc1O)CC1CCCO1. The molecule has 0 bridgehead atoms. The van der Waals surface area contributed by atoms with E-state index in [0.717, 1.165) is 12.8 Å². The van der Waals surface area contributed by atoms with E-state index in [1.165, 1.54) is 11.3 Å². The fraction of sp³-hybridized carbons (Fsp3) is 0.333. The van der Waals surface area contributed by atoms with Gasteiger partial charge >= 0.3 is 0 Å². The molecular weight excluding hydrogens is 324 g/mol. The number of nitrogens with zero attached hydrogens (tertiary/aromatic N) is 2. The minimum atomic E-state index is -0.194. The Morgan fingerprint density at radius 1 is 1.42 bits per heavy atom. The molecule has 1 atom stereocenters. The van der Waals surface area contributed by atoms with E-state index < -0.39 is 0 Å². The number of ether oxygens (including phenoxy) is 1. The number of hydrogen-bond donors (Lipinski definition) is 1. The van der Waals surface area contributed by atoms with Crippen molar-refractivity contribution in [3.05, 3.63) is 51.7 Å². The highest BCUT2D eigenvalue weighted by Gasteiger charge is 2.26. The van der Waals surface area contributed by atoms with Crippen molar-refractivity contribution >= 4 is 17.2 Å². The maximum absolute atomic E-state index is 12.9. The lowest BCUT2D eigenvalue weighted by Crippen LogP contribution is -2.36. The molecule has 0 saturated carbocycles. The highest BCUT2D eigenvalue weighted by atomic mass is 32.1. The third-order valence-electron chi connectivity index (χ3n) is 4.07. The molecule has 1 aromatic carbocycles. The van der Waals surface area contributed by atoms with Gasteiger partial charge in [-0.25, -0.2) is 0 Å². The Hall–Kier alpha value is -2.36. The van der Waals surface area contributed by atoms with Crippen molar-refractivity contribution in [1.29, 1.82) is 5.26 Å². The Morgan fingerprint density at radius 3 is 2.96 bits per heavy atom. The number of thiophene rings is 1. The average Bonchev–Trinajstić information content (AvgIpc) is 3.26. The van der Waals surface area contributed by atoms with Crippen molar-refractivity contribution in [3.8, 4) is 11.8 Å². The summed E-state index contributed by atoms with van der Waals surface area (Å²) in [6, 6.07) is 10.7. The molecule has 1 unspecified atom stereocenters. The standard InChI is InChI=1S/C18H18N2O3S/c19-10-13-7-9-24-17(13)18(22)20(12-15-5-3-8-23-15)11-14-4-1-2-6-16(14)21/h1-2,4,6-7,9,15,21H,3,5,8,11-12H2. The van der Waals surface area contributed by atoms with Gasteiger partial charge in [0.2, 0.25) is 0 Å². The average molecular weight is 342 g/mol. The number of phenols is 1. The van der Waals surface area contributed by atoms with Gasteiger partial charge in [-0.1, -0.05) is 18.2 Å². The predicted molar refractivity (Wildman–Crippen MR) is 90.9 cm³/mol. The van der Waals surface area contributed by atoms with Gasteiger partial charge in [0.1, 0.15) is 16.7 Å². The molecule has 1 aliphatic heterocycles. The van der Waals surface area contributed by atoms with Crippen LogP contribution >= 0.6 is 11.3 Å². The van der Waals surface area contributed by atoms with Crippen LogP contribution in [0.5, 0.6) is 5.75 Å². The fourth-order valence-electron chi connectivity index (χ4n) is 2.81. The molecule has 1 N–H and O–H groups in total. The predicted octanol–water partition coefficient (Wildman–Crippen LogP) is 3.15. The van der Waals surface area contributed by atoms with Crippen molar-refractivity contribution in [2.24, 2.45) is 0 Å². The molecule has 5 nitrogen and oxygen atoms in total. The van der Waals surface area contributed by atoms with Crippen molar-refractivity contribution < 1.29 is 14.6 Å². The number of carbonyl (C=O) groups is 1. The fourth-order valence-corrected chi connectivity index (χ4v) is 3.62. The maximum atomic E-state index is 12.9. The van der Waals surface area contributed by atoms with Crippen molar-refractivity contribution in [2.75, 3.05) is 13.2 Å². The normalized spacial score (nSPS) is 16.7. The molecule has 1 saturated heterocycles. The van der Waals surface area contributed by atoms with E-state index in [9.17, 15) is 15.2 Å². The Balaban J connectivity index is 1.85. The Morgan fingerprint density at radius 2 is 2.25 bits per heavy atom. The van der Waals surface area contributed by atoms with Gasteiger partial charge in [-0.05, 0) is 30.4 Å². The molecule has 0 aliphatic carbocycles. The lowest BCUT2D eigenvalue weighted by Gasteiger charge is -2.25. The van der Waals surface area contributed by atoms with E-state index >= 15 is 0 Å². The number of para-hydroxylation sites is 1. The highest BCUT2D eigenvalue weighted by Crippen LogP contribution is 2.24. The van der Waals surface area contributed by atoms with E-state index in [-0.39, 0.29) is 24.3 Å². The first-order chi connectivity index (χ1) is 11.7. The summed E-state index contributed by atoms with van der Waals surface area (Å²) >= 11 is 1.27. The van der Waals surface area contributed by atoms with Crippen LogP contribution < -0.4 is 0 Å². The smallest absolute Gasteiger partial charge is 0.265 e. The molecule has 6 heteroatoms. The van der Waals surface area contributed by atoms with Crippen molar-refractivity contribution in [2.45, 2.75) is 25.5 Å². The lowest BCUT2D eigenvalue weighted by molar-refractivity contribution is 0.0509. The zero-order valence-electron chi connectivity index (χ0n) is 13.1. The van der Waals surface area contributed by atoms with Crippen molar-refractivity contribution in [3.63, 3.8) is 0 Å². The van der Waals surface area contributed by atoms with Crippen molar-refractivity contribution in [1.82, 2.24) is 4.90 Å². The topological polar surface area (TPSA) is 73.6 Å². The Labute approximate surface area is 144 Å². The number of aromatic hydroxyl groups is 1. The van der Waals surface area contributed by atoms with Crippen LogP contribution in [-0.4, -0.2) is 35.2 Å². The van der Waals surface area contributed by atoms with Gasteiger partial charge in [0.15, 0.2) is 0 Å². The minimum Gasteiger partial charge on any atom is -0.508 e. The molecule has 24 heavy (non-hydrogen) atoms. The summed E-state index contributed by atoms with van der Waals surface area (Å²) < 4.78 is 5.66. The van der Waals surface area contributed by atoms with Gasteiger partial charge in [0, 0.05) is 25.3 Å². The van der Waals surface area contributed by atoms with Crippen LogP contribution in [0.1, 0.15) is 33.6 Å². The largest absolute Gasteiger partial charge is 0.508 e. The molecule has 1 aromatic heterocycles. The second-order valence-electron chi connectivity index (χ2n) is 5.72. The Bertz CT molecular complexity index is 760. The van der Waals surface area contributed by atoms with Crippen LogP contribution in [0, 0.1) is 11.3 Å².